The van der Waals surface area contributed by atoms with Crippen LogP contribution in [-0.4, -0.2) is 23.4 Å². The average molecular weight is 288 g/mol. The highest BCUT2D eigenvalue weighted by Gasteiger charge is 2.42. The fraction of sp³-hybridized carbons (Fsp3) is 0.529. The Kier molecular flexibility index (Phi) is 3.83. The van der Waals surface area contributed by atoms with E-state index in [1.54, 1.807) is 16.7 Å². The number of rotatable bonds is 1. The minimum atomic E-state index is -0.478. The standard InChI is InChI=1S/C17H24N2O2/c1-11(2)15(20)18-12(3)16(21)19(17(4,5)6)14-10-8-7-9-13(14)18/h7-12H,1-6H3. The molecule has 1 aromatic rings. The second-order valence-electron chi connectivity index (χ2n) is 6.87. The predicted octanol–water partition coefficient (Wildman–Crippen LogP) is 3.21. The Hall–Kier alpha value is -1.84. The van der Waals surface area contributed by atoms with Crippen LogP contribution in [0.25, 0.3) is 0 Å². The summed E-state index contributed by atoms with van der Waals surface area (Å²) in [4.78, 5) is 28.8. The predicted molar refractivity (Wildman–Crippen MR) is 85.5 cm³/mol. The van der Waals surface area contributed by atoms with Gasteiger partial charge in [-0.1, -0.05) is 26.0 Å². The minimum absolute atomic E-state index is 0.0168. The summed E-state index contributed by atoms with van der Waals surface area (Å²) in [5.41, 5.74) is 1.30. The van der Waals surface area contributed by atoms with Crippen molar-refractivity contribution in [2.45, 2.75) is 53.1 Å². The molecule has 2 rings (SSSR count). The van der Waals surface area contributed by atoms with Crippen molar-refractivity contribution >= 4 is 23.2 Å². The summed E-state index contributed by atoms with van der Waals surface area (Å²) in [6.07, 6.45) is 0. The molecule has 0 aliphatic carbocycles. The lowest BCUT2D eigenvalue weighted by Gasteiger charge is -2.46. The molecule has 0 saturated carbocycles. The third-order valence-electron chi connectivity index (χ3n) is 3.75. The normalized spacial score (nSPS) is 19.0. The Morgan fingerprint density at radius 2 is 1.67 bits per heavy atom. The summed E-state index contributed by atoms with van der Waals surface area (Å²) in [5, 5.41) is 0. The highest BCUT2D eigenvalue weighted by atomic mass is 16.2. The van der Waals surface area contributed by atoms with Crippen LogP contribution in [-0.2, 0) is 9.59 Å². The van der Waals surface area contributed by atoms with Crippen LogP contribution in [0.4, 0.5) is 11.4 Å². The van der Waals surface area contributed by atoms with Crippen molar-refractivity contribution in [3.05, 3.63) is 24.3 Å². The number of benzene rings is 1. The van der Waals surface area contributed by atoms with Crippen LogP contribution in [0.1, 0.15) is 41.5 Å². The summed E-state index contributed by atoms with van der Waals surface area (Å²) >= 11 is 0. The van der Waals surface area contributed by atoms with Crippen molar-refractivity contribution in [3.63, 3.8) is 0 Å². The maximum atomic E-state index is 12.8. The molecule has 1 atom stereocenters. The summed E-state index contributed by atoms with van der Waals surface area (Å²) in [5.74, 6) is -0.193. The van der Waals surface area contributed by atoms with Gasteiger partial charge in [0.1, 0.15) is 6.04 Å². The number of anilines is 2. The van der Waals surface area contributed by atoms with Gasteiger partial charge in [0.05, 0.1) is 11.4 Å². The Bertz CT molecular complexity index is 572. The van der Waals surface area contributed by atoms with E-state index in [0.29, 0.717) is 0 Å². The molecule has 1 heterocycles. The molecule has 114 valence electrons. The van der Waals surface area contributed by atoms with E-state index in [1.807, 2.05) is 58.9 Å². The number of amides is 2. The number of nitrogens with zero attached hydrogens (tertiary/aromatic N) is 2. The number of carbonyl (C=O) groups is 2. The summed E-state index contributed by atoms with van der Waals surface area (Å²) in [6, 6.07) is 7.15. The number of hydrogen-bond acceptors (Lipinski definition) is 2. The maximum absolute atomic E-state index is 12.8. The lowest BCUT2D eigenvalue weighted by molar-refractivity contribution is -0.127. The molecule has 4 nitrogen and oxygen atoms in total. The van der Waals surface area contributed by atoms with Gasteiger partial charge in [0.15, 0.2) is 0 Å². The molecule has 2 amide bonds. The zero-order chi connectivity index (χ0) is 15.9. The monoisotopic (exact) mass is 288 g/mol. The third-order valence-corrected chi connectivity index (χ3v) is 3.75. The lowest BCUT2D eigenvalue weighted by Crippen LogP contribution is -2.59. The average Bonchev–Trinajstić information content (AvgIpc) is 2.38. The summed E-state index contributed by atoms with van der Waals surface area (Å²) < 4.78 is 0. The van der Waals surface area contributed by atoms with Crippen LogP contribution < -0.4 is 9.80 Å². The van der Waals surface area contributed by atoms with Crippen molar-refractivity contribution in [1.29, 1.82) is 0 Å². The van der Waals surface area contributed by atoms with Gasteiger partial charge in [-0.05, 0) is 39.8 Å². The van der Waals surface area contributed by atoms with Gasteiger partial charge < -0.3 is 4.90 Å². The second-order valence-corrected chi connectivity index (χ2v) is 6.87. The van der Waals surface area contributed by atoms with Crippen LogP contribution in [0.3, 0.4) is 0 Å². The van der Waals surface area contributed by atoms with Crippen LogP contribution in [0, 0.1) is 5.92 Å². The van der Waals surface area contributed by atoms with E-state index in [-0.39, 0.29) is 23.3 Å². The van der Waals surface area contributed by atoms with Gasteiger partial charge in [-0.15, -0.1) is 0 Å². The summed E-state index contributed by atoms with van der Waals surface area (Å²) in [6.45, 7) is 11.5. The first kappa shape index (κ1) is 15.5. The van der Waals surface area contributed by atoms with Gasteiger partial charge in [0.25, 0.3) is 0 Å². The molecule has 0 radical (unpaired) electrons. The van der Waals surface area contributed by atoms with E-state index in [2.05, 4.69) is 0 Å². The molecule has 4 heteroatoms. The van der Waals surface area contributed by atoms with Crippen molar-refractivity contribution in [3.8, 4) is 0 Å². The van der Waals surface area contributed by atoms with E-state index >= 15 is 0 Å². The zero-order valence-electron chi connectivity index (χ0n) is 13.7. The second kappa shape index (κ2) is 5.17. The van der Waals surface area contributed by atoms with Gasteiger partial charge in [-0.25, -0.2) is 0 Å². The Morgan fingerprint density at radius 1 is 1.14 bits per heavy atom. The van der Waals surface area contributed by atoms with Crippen LogP contribution in [0.2, 0.25) is 0 Å². The molecule has 1 aliphatic rings. The Balaban J connectivity index is 2.63. The van der Waals surface area contributed by atoms with Crippen molar-refractivity contribution in [1.82, 2.24) is 0 Å². The summed E-state index contributed by atoms with van der Waals surface area (Å²) in [7, 11) is 0. The molecule has 0 fully saturated rings. The van der Waals surface area contributed by atoms with E-state index in [0.717, 1.165) is 11.4 Å². The van der Waals surface area contributed by atoms with E-state index in [4.69, 9.17) is 0 Å². The first-order valence-corrected chi connectivity index (χ1v) is 7.42. The highest BCUT2D eigenvalue weighted by molar-refractivity contribution is 6.13. The molecule has 21 heavy (non-hydrogen) atoms. The quantitative estimate of drug-likeness (QED) is 0.796. The fourth-order valence-electron chi connectivity index (χ4n) is 2.76. The molecule has 0 aromatic heterocycles. The minimum Gasteiger partial charge on any atom is -0.303 e. The van der Waals surface area contributed by atoms with Crippen molar-refractivity contribution < 1.29 is 9.59 Å². The van der Waals surface area contributed by atoms with Crippen LogP contribution >= 0.6 is 0 Å². The van der Waals surface area contributed by atoms with Crippen molar-refractivity contribution in [2.75, 3.05) is 9.80 Å². The molecular weight excluding hydrogens is 264 g/mol. The molecule has 0 saturated heterocycles. The first-order valence-electron chi connectivity index (χ1n) is 7.42. The topological polar surface area (TPSA) is 40.6 Å². The molecule has 1 aliphatic heterocycles. The van der Waals surface area contributed by atoms with Crippen LogP contribution in [0.5, 0.6) is 0 Å². The smallest absolute Gasteiger partial charge is 0.250 e. The molecule has 1 unspecified atom stereocenters. The number of carbonyl (C=O) groups excluding carboxylic acids is 2. The molecule has 0 spiro atoms. The Morgan fingerprint density at radius 3 is 2.14 bits per heavy atom. The van der Waals surface area contributed by atoms with Gasteiger partial charge in [0, 0.05) is 11.5 Å². The van der Waals surface area contributed by atoms with Gasteiger partial charge >= 0.3 is 0 Å². The molecular formula is C17H24N2O2. The number of para-hydroxylation sites is 2. The van der Waals surface area contributed by atoms with Gasteiger partial charge in [0.2, 0.25) is 11.8 Å². The fourth-order valence-corrected chi connectivity index (χ4v) is 2.76. The third kappa shape index (κ3) is 2.55. The molecule has 0 N–H and O–H groups in total. The van der Waals surface area contributed by atoms with Crippen LogP contribution in [0.15, 0.2) is 24.3 Å². The zero-order valence-corrected chi connectivity index (χ0v) is 13.7. The lowest BCUT2D eigenvalue weighted by atomic mass is 9.97. The van der Waals surface area contributed by atoms with E-state index < -0.39 is 6.04 Å². The largest absolute Gasteiger partial charge is 0.303 e. The molecule has 1 aromatic carbocycles. The highest BCUT2D eigenvalue weighted by Crippen LogP contribution is 2.40. The number of hydrogen-bond donors (Lipinski definition) is 0. The Labute approximate surface area is 126 Å². The van der Waals surface area contributed by atoms with E-state index in [1.165, 1.54) is 0 Å². The molecule has 0 bridgehead atoms. The van der Waals surface area contributed by atoms with Crippen molar-refractivity contribution in [2.24, 2.45) is 5.92 Å². The van der Waals surface area contributed by atoms with E-state index in [9.17, 15) is 9.59 Å². The number of fused-ring (bicyclic) bond motifs is 1. The SMILES string of the molecule is CC(C)C(=O)N1c2ccccc2N(C(C)(C)C)C(=O)C1C. The van der Waals surface area contributed by atoms with Gasteiger partial charge in [-0.3, -0.25) is 14.5 Å². The van der Waals surface area contributed by atoms with Gasteiger partial charge in [-0.2, -0.15) is 0 Å². The first-order chi connectivity index (χ1) is 9.66. The maximum Gasteiger partial charge on any atom is 0.250 e.